The molecule has 2 unspecified atom stereocenters. The average Bonchev–Trinajstić information content (AvgIpc) is 2.67. The number of hydrogen-bond acceptors (Lipinski definition) is 4. The van der Waals surface area contributed by atoms with Crippen LogP contribution in [-0.2, 0) is 14.8 Å². The number of ether oxygens (including phenoxy) is 1. The van der Waals surface area contributed by atoms with E-state index in [9.17, 15) is 13.5 Å². The van der Waals surface area contributed by atoms with Gasteiger partial charge < -0.3 is 9.84 Å². The van der Waals surface area contributed by atoms with E-state index < -0.39 is 15.6 Å². The predicted octanol–water partition coefficient (Wildman–Crippen LogP) is 0.636. The summed E-state index contributed by atoms with van der Waals surface area (Å²) in [6, 6.07) is 0. The van der Waals surface area contributed by atoms with E-state index >= 15 is 0 Å². The smallest absolute Gasteiger partial charge is 0.214 e. The molecule has 1 rings (SSSR count). The summed E-state index contributed by atoms with van der Waals surface area (Å²) in [5, 5.41) is 9.88. The molecule has 1 saturated heterocycles. The maximum absolute atomic E-state index is 11.7. The van der Waals surface area contributed by atoms with Crippen molar-refractivity contribution in [1.29, 1.82) is 0 Å². The van der Waals surface area contributed by atoms with Crippen LogP contribution in [0.25, 0.3) is 0 Å². The number of hydrogen-bond donors (Lipinski definition) is 2. The summed E-state index contributed by atoms with van der Waals surface area (Å²) in [6.45, 7) is 4.31. The third kappa shape index (κ3) is 5.81. The average molecular weight is 265 g/mol. The number of rotatable bonds is 7. The van der Waals surface area contributed by atoms with E-state index in [0.29, 0.717) is 13.0 Å². The Balaban J connectivity index is 2.38. The monoisotopic (exact) mass is 265 g/mol. The van der Waals surface area contributed by atoms with E-state index in [0.717, 1.165) is 19.3 Å². The molecular formula is C11H23NO4S. The van der Waals surface area contributed by atoms with Gasteiger partial charge in [0.1, 0.15) is 0 Å². The molecule has 0 aromatic carbocycles. The van der Waals surface area contributed by atoms with E-state index in [1.807, 2.05) is 6.92 Å². The fraction of sp³-hybridized carbons (Fsp3) is 1.00. The van der Waals surface area contributed by atoms with Gasteiger partial charge in [0, 0.05) is 13.2 Å². The van der Waals surface area contributed by atoms with Crippen molar-refractivity contribution in [2.75, 3.05) is 18.9 Å². The zero-order valence-electron chi connectivity index (χ0n) is 10.6. The third-order valence-electron chi connectivity index (χ3n) is 2.89. The number of aliphatic hydroxyl groups is 1. The number of sulfonamides is 1. The van der Waals surface area contributed by atoms with Crippen LogP contribution in [0.4, 0.5) is 0 Å². The molecule has 5 nitrogen and oxygen atoms in total. The normalized spacial score (nSPS) is 24.8. The Hall–Kier alpha value is -0.170. The lowest BCUT2D eigenvalue weighted by molar-refractivity contribution is 0.0552. The molecule has 0 aromatic rings. The maximum atomic E-state index is 11.7. The molecule has 1 aliphatic rings. The summed E-state index contributed by atoms with van der Waals surface area (Å²) in [5.74, 6) is -0.00476. The molecule has 0 bridgehead atoms. The minimum absolute atomic E-state index is 0.00476. The van der Waals surface area contributed by atoms with Gasteiger partial charge in [0.2, 0.25) is 10.0 Å². The quantitative estimate of drug-likeness (QED) is 0.708. The van der Waals surface area contributed by atoms with Crippen molar-refractivity contribution in [3.63, 3.8) is 0 Å². The van der Waals surface area contributed by atoms with Crippen LogP contribution >= 0.6 is 0 Å². The Morgan fingerprint density at radius 1 is 1.53 bits per heavy atom. The van der Waals surface area contributed by atoms with Gasteiger partial charge in [-0.3, -0.25) is 0 Å². The zero-order chi connectivity index (χ0) is 12.9. The molecule has 6 heteroatoms. The fourth-order valence-electron chi connectivity index (χ4n) is 1.97. The van der Waals surface area contributed by atoms with Gasteiger partial charge in [-0.2, -0.15) is 0 Å². The van der Waals surface area contributed by atoms with Crippen LogP contribution in [0.1, 0.15) is 39.5 Å². The summed E-state index contributed by atoms with van der Waals surface area (Å²) < 4.78 is 31.2. The van der Waals surface area contributed by atoms with E-state index in [2.05, 4.69) is 4.72 Å². The zero-order valence-corrected chi connectivity index (χ0v) is 11.4. The van der Waals surface area contributed by atoms with Crippen LogP contribution in [0, 0.1) is 0 Å². The lowest BCUT2D eigenvalue weighted by Gasteiger charge is -2.23. The highest BCUT2D eigenvalue weighted by atomic mass is 32.2. The molecule has 0 aromatic heterocycles. The molecular weight excluding hydrogens is 242 g/mol. The van der Waals surface area contributed by atoms with Gasteiger partial charge in [-0.25, -0.2) is 13.1 Å². The van der Waals surface area contributed by atoms with Gasteiger partial charge in [-0.1, -0.05) is 13.3 Å². The summed E-state index contributed by atoms with van der Waals surface area (Å²) >= 11 is 0. The second-order valence-electron chi connectivity index (χ2n) is 4.98. The molecule has 0 spiro atoms. The molecule has 1 heterocycles. The van der Waals surface area contributed by atoms with Gasteiger partial charge in [0.05, 0.1) is 17.5 Å². The minimum Gasteiger partial charge on any atom is -0.389 e. The summed E-state index contributed by atoms with van der Waals surface area (Å²) in [7, 11) is -3.35. The third-order valence-corrected chi connectivity index (χ3v) is 4.29. The standard InChI is InChI=1S/C11H23NO4S/c1-3-6-11(2,13)9-12-17(14,15)8-10-5-4-7-16-10/h10,12-13H,3-9H2,1-2H3. The lowest BCUT2D eigenvalue weighted by atomic mass is 10.0. The topological polar surface area (TPSA) is 75.6 Å². The van der Waals surface area contributed by atoms with Gasteiger partial charge in [0.25, 0.3) is 0 Å². The van der Waals surface area contributed by atoms with Crippen LogP contribution in [0.3, 0.4) is 0 Å². The predicted molar refractivity (Wildman–Crippen MR) is 66.3 cm³/mol. The second kappa shape index (κ2) is 6.13. The Bertz CT molecular complexity index is 320. The van der Waals surface area contributed by atoms with E-state index in [1.165, 1.54) is 0 Å². The van der Waals surface area contributed by atoms with Crippen LogP contribution in [0.15, 0.2) is 0 Å². The molecule has 17 heavy (non-hydrogen) atoms. The Morgan fingerprint density at radius 3 is 2.76 bits per heavy atom. The van der Waals surface area contributed by atoms with Crippen molar-refractivity contribution < 1.29 is 18.3 Å². The SMILES string of the molecule is CCCC(C)(O)CNS(=O)(=O)CC1CCCO1. The van der Waals surface area contributed by atoms with Gasteiger partial charge in [-0.15, -0.1) is 0 Å². The van der Waals surface area contributed by atoms with Crippen LogP contribution in [0.5, 0.6) is 0 Å². The van der Waals surface area contributed by atoms with Crippen LogP contribution in [0.2, 0.25) is 0 Å². The first-order valence-electron chi connectivity index (χ1n) is 6.16. The van der Waals surface area contributed by atoms with E-state index in [1.54, 1.807) is 6.92 Å². The fourth-order valence-corrected chi connectivity index (χ4v) is 3.37. The van der Waals surface area contributed by atoms with E-state index in [-0.39, 0.29) is 18.4 Å². The van der Waals surface area contributed by atoms with Crippen molar-refractivity contribution in [3.8, 4) is 0 Å². The van der Waals surface area contributed by atoms with Gasteiger partial charge in [-0.05, 0) is 26.2 Å². The van der Waals surface area contributed by atoms with Crippen LogP contribution < -0.4 is 4.72 Å². The second-order valence-corrected chi connectivity index (χ2v) is 6.84. The highest BCUT2D eigenvalue weighted by Crippen LogP contribution is 2.14. The Kier molecular flexibility index (Phi) is 5.37. The van der Waals surface area contributed by atoms with Crippen molar-refractivity contribution in [1.82, 2.24) is 4.72 Å². The van der Waals surface area contributed by atoms with Crippen molar-refractivity contribution in [3.05, 3.63) is 0 Å². The molecule has 102 valence electrons. The molecule has 0 radical (unpaired) electrons. The maximum Gasteiger partial charge on any atom is 0.214 e. The lowest BCUT2D eigenvalue weighted by Crippen LogP contribution is -2.42. The molecule has 0 saturated carbocycles. The minimum atomic E-state index is -3.35. The highest BCUT2D eigenvalue weighted by molar-refractivity contribution is 7.89. The Labute approximate surface area is 104 Å². The molecule has 0 aliphatic carbocycles. The largest absolute Gasteiger partial charge is 0.389 e. The molecule has 0 amide bonds. The molecule has 1 fully saturated rings. The summed E-state index contributed by atoms with van der Waals surface area (Å²) in [4.78, 5) is 0. The van der Waals surface area contributed by atoms with Crippen LogP contribution in [-0.4, -0.2) is 44.1 Å². The highest BCUT2D eigenvalue weighted by Gasteiger charge is 2.26. The van der Waals surface area contributed by atoms with E-state index in [4.69, 9.17) is 4.74 Å². The first-order valence-corrected chi connectivity index (χ1v) is 7.81. The number of nitrogens with one attached hydrogen (secondary N) is 1. The Morgan fingerprint density at radius 2 is 2.24 bits per heavy atom. The van der Waals surface area contributed by atoms with Gasteiger partial charge >= 0.3 is 0 Å². The van der Waals surface area contributed by atoms with Crippen molar-refractivity contribution in [2.45, 2.75) is 51.2 Å². The van der Waals surface area contributed by atoms with Gasteiger partial charge in [0.15, 0.2) is 0 Å². The van der Waals surface area contributed by atoms with Crippen molar-refractivity contribution in [2.24, 2.45) is 0 Å². The summed E-state index contributed by atoms with van der Waals surface area (Å²) in [6.07, 6.45) is 2.93. The summed E-state index contributed by atoms with van der Waals surface area (Å²) in [5.41, 5.74) is -0.974. The molecule has 2 N–H and O–H groups in total. The van der Waals surface area contributed by atoms with Crippen molar-refractivity contribution >= 4 is 10.0 Å². The molecule has 2 atom stereocenters. The first kappa shape index (κ1) is 14.9. The first-order chi connectivity index (χ1) is 7.85. The molecule has 1 aliphatic heterocycles.